The van der Waals surface area contributed by atoms with Crippen LogP contribution in [0.3, 0.4) is 0 Å². The zero-order valence-corrected chi connectivity index (χ0v) is 11.9. The molecule has 6 heteroatoms. The summed E-state index contributed by atoms with van der Waals surface area (Å²) < 4.78 is 1.76. The van der Waals surface area contributed by atoms with E-state index in [4.69, 9.17) is 5.73 Å². The molecule has 0 aliphatic rings. The van der Waals surface area contributed by atoms with Crippen molar-refractivity contribution in [3.63, 3.8) is 0 Å². The molecule has 0 aliphatic carbocycles. The first-order valence-corrected chi connectivity index (χ1v) is 6.59. The molecule has 0 aliphatic heterocycles. The van der Waals surface area contributed by atoms with Gasteiger partial charge in [0, 0.05) is 13.6 Å². The standard InChI is InChI=1S/C14H20N6/c1-12(16-13-6-4-3-5-7-13)19(2)10-14-11-20(9-8-15)18-17-14/h3-7,11H,8-10,15H2,1-2H3. The second-order valence-electron chi connectivity index (χ2n) is 4.61. The molecule has 1 aromatic carbocycles. The Morgan fingerprint density at radius 1 is 1.35 bits per heavy atom. The zero-order valence-electron chi connectivity index (χ0n) is 11.9. The van der Waals surface area contributed by atoms with E-state index in [1.807, 2.05) is 55.4 Å². The van der Waals surface area contributed by atoms with Gasteiger partial charge in [0.1, 0.15) is 11.5 Å². The molecule has 0 fully saturated rings. The average Bonchev–Trinajstić information content (AvgIpc) is 2.87. The van der Waals surface area contributed by atoms with Crippen LogP contribution in [0, 0.1) is 0 Å². The molecule has 0 saturated heterocycles. The van der Waals surface area contributed by atoms with Gasteiger partial charge in [-0.25, -0.2) is 4.99 Å². The Balaban J connectivity index is 1.99. The van der Waals surface area contributed by atoms with Crippen LogP contribution in [0.15, 0.2) is 41.5 Å². The van der Waals surface area contributed by atoms with E-state index in [0.29, 0.717) is 19.6 Å². The molecule has 0 radical (unpaired) electrons. The number of hydrogen-bond donors (Lipinski definition) is 1. The van der Waals surface area contributed by atoms with Crippen molar-refractivity contribution in [1.82, 2.24) is 19.9 Å². The van der Waals surface area contributed by atoms with Gasteiger partial charge in [-0.1, -0.05) is 23.4 Å². The Labute approximate surface area is 118 Å². The normalized spacial score (nSPS) is 11.7. The fraction of sp³-hybridized carbons (Fsp3) is 0.357. The molecule has 0 spiro atoms. The van der Waals surface area contributed by atoms with Gasteiger partial charge in [0.05, 0.1) is 25.0 Å². The molecule has 2 rings (SSSR count). The summed E-state index contributed by atoms with van der Waals surface area (Å²) in [6.07, 6.45) is 1.92. The lowest BCUT2D eigenvalue weighted by atomic mass is 10.3. The number of rotatable bonds is 5. The first-order chi connectivity index (χ1) is 9.69. The third kappa shape index (κ3) is 3.89. The van der Waals surface area contributed by atoms with Crippen LogP contribution in [-0.4, -0.2) is 39.3 Å². The summed E-state index contributed by atoms with van der Waals surface area (Å²) in [5, 5.41) is 8.15. The smallest absolute Gasteiger partial charge is 0.102 e. The maximum absolute atomic E-state index is 5.49. The number of nitrogens with zero attached hydrogens (tertiary/aromatic N) is 5. The van der Waals surface area contributed by atoms with Crippen molar-refractivity contribution in [3.8, 4) is 0 Å². The molecule has 2 aromatic rings. The molecule has 0 saturated carbocycles. The van der Waals surface area contributed by atoms with E-state index in [1.54, 1.807) is 4.68 Å². The predicted octanol–water partition coefficient (Wildman–Crippen LogP) is 1.42. The lowest BCUT2D eigenvalue weighted by Gasteiger charge is -2.16. The van der Waals surface area contributed by atoms with Crippen molar-refractivity contribution in [1.29, 1.82) is 0 Å². The van der Waals surface area contributed by atoms with E-state index < -0.39 is 0 Å². The van der Waals surface area contributed by atoms with Crippen LogP contribution < -0.4 is 5.73 Å². The molecule has 0 amide bonds. The summed E-state index contributed by atoms with van der Waals surface area (Å²) in [6, 6.07) is 9.90. The fourth-order valence-electron chi connectivity index (χ4n) is 1.78. The van der Waals surface area contributed by atoms with Crippen LogP contribution in [0.2, 0.25) is 0 Å². The molecular weight excluding hydrogens is 252 g/mol. The highest BCUT2D eigenvalue weighted by atomic mass is 15.4. The van der Waals surface area contributed by atoms with E-state index >= 15 is 0 Å². The van der Waals surface area contributed by atoms with Crippen LogP contribution in [-0.2, 0) is 13.1 Å². The van der Waals surface area contributed by atoms with Gasteiger partial charge in [-0.15, -0.1) is 5.10 Å². The third-order valence-corrected chi connectivity index (χ3v) is 2.94. The van der Waals surface area contributed by atoms with Gasteiger partial charge in [-0.2, -0.15) is 0 Å². The first kappa shape index (κ1) is 14.2. The van der Waals surface area contributed by atoms with Gasteiger partial charge < -0.3 is 10.6 Å². The highest BCUT2D eigenvalue weighted by Gasteiger charge is 2.06. The molecular formula is C14H20N6. The summed E-state index contributed by atoms with van der Waals surface area (Å²) in [7, 11) is 1.99. The number of benzene rings is 1. The molecule has 2 N–H and O–H groups in total. The van der Waals surface area contributed by atoms with Gasteiger partial charge in [-0.05, 0) is 19.1 Å². The van der Waals surface area contributed by atoms with Gasteiger partial charge in [-0.3, -0.25) is 4.68 Å². The number of hydrogen-bond acceptors (Lipinski definition) is 4. The molecule has 0 unspecified atom stereocenters. The van der Waals surface area contributed by atoms with E-state index in [2.05, 4.69) is 15.3 Å². The first-order valence-electron chi connectivity index (χ1n) is 6.59. The van der Waals surface area contributed by atoms with Crippen molar-refractivity contribution >= 4 is 11.5 Å². The Hall–Kier alpha value is -2.21. The number of amidine groups is 1. The minimum atomic E-state index is 0.563. The summed E-state index contributed by atoms with van der Waals surface area (Å²) in [5.74, 6) is 0.935. The van der Waals surface area contributed by atoms with Crippen LogP contribution >= 0.6 is 0 Å². The van der Waals surface area contributed by atoms with E-state index in [-0.39, 0.29) is 0 Å². The Kier molecular flexibility index (Phi) is 4.84. The highest BCUT2D eigenvalue weighted by Crippen LogP contribution is 2.11. The topological polar surface area (TPSA) is 72.3 Å². The maximum atomic E-state index is 5.49. The maximum Gasteiger partial charge on any atom is 0.102 e. The van der Waals surface area contributed by atoms with Crippen molar-refractivity contribution in [2.24, 2.45) is 10.7 Å². The van der Waals surface area contributed by atoms with Crippen molar-refractivity contribution in [3.05, 3.63) is 42.2 Å². The van der Waals surface area contributed by atoms with Crippen molar-refractivity contribution in [2.75, 3.05) is 13.6 Å². The largest absolute Gasteiger partial charge is 0.357 e. The van der Waals surface area contributed by atoms with Gasteiger partial charge in [0.2, 0.25) is 0 Å². The van der Waals surface area contributed by atoms with Gasteiger partial charge >= 0.3 is 0 Å². The van der Waals surface area contributed by atoms with E-state index in [0.717, 1.165) is 17.2 Å². The van der Waals surface area contributed by atoms with E-state index in [1.165, 1.54) is 0 Å². The molecule has 6 nitrogen and oxygen atoms in total. The number of nitrogens with two attached hydrogens (primary N) is 1. The summed E-state index contributed by atoms with van der Waals surface area (Å²) >= 11 is 0. The lowest BCUT2D eigenvalue weighted by Crippen LogP contribution is -2.23. The van der Waals surface area contributed by atoms with Gasteiger partial charge in [0.15, 0.2) is 0 Å². The molecule has 0 atom stereocenters. The van der Waals surface area contributed by atoms with Crippen LogP contribution in [0.5, 0.6) is 0 Å². The van der Waals surface area contributed by atoms with Crippen LogP contribution in [0.1, 0.15) is 12.6 Å². The predicted molar refractivity (Wildman–Crippen MR) is 79.8 cm³/mol. The number of aromatic nitrogens is 3. The summed E-state index contributed by atoms with van der Waals surface area (Å²) in [6.45, 7) is 3.91. The minimum absolute atomic E-state index is 0.563. The third-order valence-electron chi connectivity index (χ3n) is 2.94. The van der Waals surface area contributed by atoms with E-state index in [9.17, 15) is 0 Å². The van der Waals surface area contributed by atoms with Gasteiger partial charge in [0.25, 0.3) is 0 Å². The fourth-order valence-corrected chi connectivity index (χ4v) is 1.78. The average molecular weight is 272 g/mol. The zero-order chi connectivity index (χ0) is 14.4. The highest BCUT2D eigenvalue weighted by molar-refractivity contribution is 5.82. The molecule has 1 aromatic heterocycles. The van der Waals surface area contributed by atoms with Crippen LogP contribution in [0.4, 0.5) is 5.69 Å². The quantitative estimate of drug-likeness (QED) is 0.660. The van der Waals surface area contributed by atoms with Crippen LogP contribution in [0.25, 0.3) is 0 Å². The summed E-state index contributed by atoms with van der Waals surface area (Å²) in [4.78, 5) is 6.61. The Morgan fingerprint density at radius 3 is 2.80 bits per heavy atom. The summed E-state index contributed by atoms with van der Waals surface area (Å²) in [5.41, 5.74) is 7.34. The molecule has 1 heterocycles. The molecule has 20 heavy (non-hydrogen) atoms. The monoisotopic (exact) mass is 272 g/mol. The molecule has 0 bridgehead atoms. The number of aliphatic imine (C=N–C) groups is 1. The lowest BCUT2D eigenvalue weighted by molar-refractivity contribution is 0.489. The number of para-hydroxylation sites is 1. The Morgan fingerprint density at radius 2 is 2.10 bits per heavy atom. The molecule has 106 valence electrons. The van der Waals surface area contributed by atoms with Crippen molar-refractivity contribution < 1.29 is 0 Å². The second-order valence-corrected chi connectivity index (χ2v) is 4.61. The second kappa shape index (κ2) is 6.81. The minimum Gasteiger partial charge on any atom is -0.357 e. The van der Waals surface area contributed by atoms with Crippen molar-refractivity contribution in [2.45, 2.75) is 20.0 Å². The SMILES string of the molecule is CC(=Nc1ccccc1)N(C)Cc1cn(CCN)nn1. The Bertz CT molecular complexity index is 560.